The molecule has 1 aliphatic rings. The van der Waals surface area contributed by atoms with Gasteiger partial charge < -0.3 is 0 Å². The summed E-state index contributed by atoms with van der Waals surface area (Å²) in [6.45, 7) is 4.87. The van der Waals surface area contributed by atoms with E-state index in [9.17, 15) is 18.5 Å². The zero-order valence-electron chi connectivity index (χ0n) is 11.8. The molecule has 0 saturated carbocycles. The van der Waals surface area contributed by atoms with Gasteiger partial charge in [0.15, 0.2) is 0 Å². The Morgan fingerprint density at radius 1 is 1.29 bits per heavy atom. The van der Waals surface area contributed by atoms with E-state index in [0.29, 0.717) is 13.1 Å². The van der Waals surface area contributed by atoms with Crippen molar-refractivity contribution in [3.8, 4) is 0 Å². The quantitative estimate of drug-likeness (QED) is 0.629. The molecule has 0 aromatic heterocycles. The maximum atomic E-state index is 12.6. The minimum Gasteiger partial charge on any atom is -0.258 e. The lowest BCUT2D eigenvalue weighted by molar-refractivity contribution is -0.384. The molecule has 1 fully saturated rings. The SMILES string of the molecule is CC1CC(C)CN(S(=O)(=O)c2ccc(Cl)c([N+](=O)[O-])c2)C1. The van der Waals surface area contributed by atoms with Crippen LogP contribution >= 0.6 is 11.6 Å². The van der Waals surface area contributed by atoms with Crippen LogP contribution in [0.4, 0.5) is 5.69 Å². The van der Waals surface area contributed by atoms with Gasteiger partial charge in [-0.15, -0.1) is 0 Å². The summed E-state index contributed by atoms with van der Waals surface area (Å²) in [5.41, 5.74) is -0.393. The molecule has 2 unspecified atom stereocenters. The highest BCUT2D eigenvalue weighted by atomic mass is 35.5. The molecule has 1 aromatic carbocycles. The molecule has 2 rings (SSSR count). The summed E-state index contributed by atoms with van der Waals surface area (Å²) in [5.74, 6) is 0.539. The molecular weight excluding hydrogens is 316 g/mol. The third-order valence-electron chi connectivity index (χ3n) is 3.59. The summed E-state index contributed by atoms with van der Waals surface area (Å²) in [5, 5.41) is 10.8. The van der Waals surface area contributed by atoms with Gasteiger partial charge in [0.1, 0.15) is 5.02 Å². The third kappa shape index (κ3) is 3.36. The molecule has 116 valence electrons. The molecule has 8 heteroatoms. The molecule has 6 nitrogen and oxygen atoms in total. The Labute approximate surface area is 128 Å². The summed E-state index contributed by atoms with van der Waals surface area (Å²) in [4.78, 5) is 10.1. The van der Waals surface area contributed by atoms with Crippen LogP contribution < -0.4 is 0 Å². The number of sulfonamides is 1. The fraction of sp³-hybridized carbons (Fsp3) is 0.538. The third-order valence-corrected chi connectivity index (χ3v) is 5.73. The van der Waals surface area contributed by atoms with Gasteiger partial charge >= 0.3 is 0 Å². The number of nitrogens with zero attached hydrogens (tertiary/aromatic N) is 2. The van der Waals surface area contributed by atoms with Gasteiger partial charge in [-0.1, -0.05) is 25.4 Å². The Balaban J connectivity index is 2.40. The minimum absolute atomic E-state index is 0.0701. The first-order valence-corrected chi connectivity index (χ1v) is 8.47. The van der Waals surface area contributed by atoms with Gasteiger partial charge in [0.25, 0.3) is 5.69 Å². The summed E-state index contributed by atoms with van der Waals surface area (Å²) in [7, 11) is -3.73. The highest BCUT2D eigenvalue weighted by Crippen LogP contribution is 2.31. The number of rotatable bonds is 3. The van der Waals surface area contributed by atoms with Crippen molar-refractivity contribution in [2.45, 2.75) is 25.2 Å². The van der Waals surface area contributed by atoms with E-state index < -0.39 is 20.6 Å². The molecule has 1 aliphatic heterocycles. The van der Waals surface area contributed by atoms with Gasteiger partial charge in [0.2, 0.25) is 10.0 Å². The van der Waals surface area contributed by atoms with Crippen LogP contribution in [-0.2, 0) is 10.0 Å². The van der Waals surface area contributed by atoms with E-state index in [1.54, 1.807) is 0 Å². The molecule has 1 heterocycles. The van der Waals surface area contributed by atoms with Crippen LogP contribution in [0.1, 0.15) is 20.3 Å². The van der Waals surface area contributed by atoms with E-state index in [2.05, 4.69) is 0 Å². The van der Waals surface area contributed by atoms with Crippen molar-refractivity contribution < 1.29 is 13.3 Å². The van der Waals surface area contributed by atoms with E-state index in [0.717, 1.165) is 12.5 Å². The van der Waals surface area contributed by atoms with E-state index in [4.69, 9.17) is 11.6 Å². The van der Waals surface area contributed by atoms with Gasteiger partial charge in [0.05, 0.1) is 9.82 Å². The molecule has 0 spiro atoms. The molecule has 0 bridgehead atoms. The second kappa shape index (κ2) is 5.90. The van der Waals surface area contributed by atoms with Crippen LogP contribution in [0.3, 0.4) is 0 Å². The van der Waals surface area contributed by atoms with Crippen LogP contribution in [0, 0.1) is 22.0 Å². The first-order valence-electron chi connectivity index (χ1n) is 6.66. The second-order valence-corrected chi connectivity index (χ2v) is 7.98. The zero-order valence-corrected chi connectivity index (χ0v) is 13.4. The molecule has 2 atom stereocenters. The lowest BCUT2D eigenvalue weighted by atomic mass is 9.94. The highest BCUT2D eigenvalue weighted by molar-refractivity contribution is 7.89. The van der Waals surface area contributed by atoms with Crippen LogP contribution in [0.5, 0.6) is 0 Å². The number of piperidine rings is 1. The molecule has 0 aliphatic carbocycles. The molecule has 0 radical (unpaired) electrons. The van der Waals surface area contributed by atoms with Crippen LogP contribution in [0.15, 0.2) is 23.1 Å². The van der Waals surface area contributed by atoms with Gasteiger partial charge in [-0.25, -0.2) is 8.42 Å². The Bertz CT molecular complexity index is 652. The predicted octanol–water partition coefficient (Wildman–Crippen LogP) is 2.91. The molecule has 0 amide bonds. The number of halogens is 1. The maximum Gasteiger partial charge on any atom is 0.289 e. The number of hydrogen-bond acceptors (Lipinski definition) is 4. The topological polar surface area (TPSA) is 80.5 Å². The van der Waals surface area contributed by atoms with Crippen molar-refractivity contribution in [3.63, 3.8) is 0 Å². The summed E-state index contributed by atoms with van der Waals surface area (Å²) < 4.78 is 26.7. The Morgan fingerprint density at radius 2 is 1.86 bits per heavy atom. The molecular formula is C13H17ClN2O4S. The number of benzene rings is 1. The molecule has 21 heavy (non-hydrogen) atoms. The lowest BCUT2D eigenvalue weighted by Gasteiger charge is -2.34. The largest absolute Gasteiger partial charge is 0.289 e. The number of hydrogen-bond donors (Lipinski definition) is 0. The first kappa shape index (κ1) is 16.2. The number of nitro benzene ring substituents is 1. The van der Waals surface area contributed by atoms with Gasteiger partial charge in [-0.05, 0) is 30.4 Å². The normalized spacial score (nSPS) is 24.0. The zero-order chi connectivity index (χ0) is 15.8. The fourth-order valence-electron chi connectivity index (χ4n) is 2.74. The highest BCUT2D eigenvalue weighted by Gasteiger charge is 2.32. The Hall–Kier alpha value is -1.18. The molecule has 0 N–H and O–H groups in total. The lowest BCUT2D eigenvalue weighted by Crippen LogP contribution is -2.42. The fourth-order valence-corrected chi connectivity index (χ4v) is 4.63. The predicted molar refractivity (Wildman–Crippen MR) is 79.8 cm³/mol. The van der Waals surface area contributed by atoms with Crippen molar-refractivity contribution in [1.82, 2.24) is 4.31 Å². The van der Waals surface area contributed by atoms with E-state index >= 15 is 0 Å². The Morgan fingerprint density at radius 3 is 2.38 bits per heavy atom. The summed E-state index contributed by atoms with van der Waals surface area (Å²) in [6.07, 6.45) is 0.979. The monoisotopic (exact) mass is 332 g/mol. The summed E-state index contributed by atoms with van der Waals surface area (Å²) >= 11 is 5.72. The van der Waals surface area contributed by atoms with Gasteiger partial charge in [-0.2, -0.15) is 4.31 Å². The van der Waals surface area contributed by atoms with Gasteiger partial charge in [0, 0.05) is 19.2 Å². The first-order chi connectivity index (χ1) is 9.71. The molecule has 1 aromatic rings. The average Bonchev–Trinajstić information content (AvgIpc) is 2.37. The van der Waals surface area contributed by atoms with Crippen molar-refractivity contribution >= 4 is 27.3 Å². The Kier molecular flexibility index (Phi) is 4.55. The van der Waals surface area contributed by atoms with E-state index in [1.165, 1.54) is 16.4 Å². The maximum absolute atomic E-state index is 12.6. The second-order valence-electron chi connectivity index (χ2n) is 5.64. The van der Waals surface area contributed by atoms with Crippen molar-refractivity contribution in [2.75, 3.05) is 13.1 Å². The van der Waals surface area contributed by atoms with Crippen LogP contribution in [0.2, 0.25) is 5.02 Å². The number of nitro groups is 1. The van der Waals surface area contributed by atoms with Gasteiger partial charge in [-0.3, -0.25) is 10.1 Å². The van der Waals surface area contributed by atoms with Crippen molar-refractivity contribution in [1.29, 1.82) is 0 Å². The average molecular weight is 333 g/mol. The smallest absolute Gasteiger partial charge is 0.258 e. The standard InChI is InChI=1S/C13H17ClN2O4S/c1-9-5-10(2)8-15(7-9)21(19,20)11-3-4-12(14)13(6-11)16(17)18/h3-4,6,9-10H,5,7-8H2,1-2H3. The van der Waals surface area contributed by atoms with E-state index in [1.807, 2.05) is 13.8 Å². The molecule has 1 saturated heterocycles. The summed E-state index contributed by atoms with van der Waals surface area (Å²) in [6, 6.07) is 3.60. The van der Waals surface area contributed by atoms with Crippen molar-refractivity contribution in [2.24, 2.45) is 11.8 Å². The van der Waals surface area contributed by atoms with Crippen molar-refractivity contribution in [3.05, 3.63) is 33.3 Å². The minimum atomic E-state index is -3.73. The van der Waals surface area contributed by atoms with Crippen LogP contribution in [-0.4, -0.2) is 30.7 Å². The van der Waals surface area contributed by atoms with E-state index in [-0.39, 0.29) is 21.8 Å². The van der Waals surface area contributed by atoms with Crippen LogP contribution in [0.25, 0.3) is 0 Å².